The van der Waals surface area contributed by atoms with E-state index in [9.17, 15) is 0 Å². The van der Waals surface area contributed by atoms with E-state index in [-0.39, 0.29) is 5.41 Å². The third-order valence-electron chi connectivity index (χ3n) is 15.4. The number of benzene rings is 10. The molecule has 0 saturated carbocycles. The van der Waals surface area contributed by atoms with Crippen LogP contribution in [0, 0.1) is 5.92 Å². The Hall–Kier alpha value is -8.30. The highest BCUT2D eigenvalue weighted by atomic mass is 32.1. The summed E-state index contributed by atoms with van der Waals surface area (Å²) in [6, 6.07) is 86.2. The first-order chi connectivity index (χ1) is 34.6. The van der Waals surface area contributed by atoms with Gasteiger partial charge in [0.25, 0.3) is 0 Å². The summed E-state index contributed by atoms with van der Waals surface area (Å²) in [4.78, 5) is 2.38. The van der Waals surface area contributed by atoms with Crippen LogP contribution in [0.4, 0.5) is 17.1 Å². The van der Waals surface area contributed by atoms with Gasteiger partial charge in [-0.15, -0.1) is 11.3 Å². The van der Waals surface area contributed by atoms with E-state index in [1.807, 2.05) is 11.3 Å². The Morgan fingerprint density at radius 1 is 0.386 bits per heavy atom. The Balaban J connectivity index is 0.838. The lowest BCUT2D eigenvalue weighted by Gasteiger charge is -2.30. The smallest absolute Gasteiger partial charge is 0.0725 e. The number of nitrogens with zero attached hydrogens (tertiary/aromatic N) is 1. The van der Waals surface area contributed by atoms with Crippen molar-refractivity contribution in [3.05, 3.63) is 277 Å². The highest BCUT2D eigenvalue weighted by Gasteiger charge is 2.51. The molecule has 2 heteroatoms. The molecule has 3 aliphatic carbocycles. The van der Waals surface area contributed by atoms with Crippen molar-refractivity contribution in [3.8, 4) is 55.6 Å². The van der Waals surface area contributed by atoms with Crippen molar-refractivity contribution in [2.45, 2.75) is 18.8 Å². The van der Waals surface area contributed by atoms with Crippen LogP contribution in [0.15, 0.2) is 249 Å². The Kier molecular flexibility index (Phi) is 9.41. The molecule has 1 aromatic heterocycles. The zero-order chi connectivity index (χ0) is 46.3. The van der Waals surface area contributed by atoms with E-state index in [2.05, 4.69) is 261 Å². The molecule has 0 fully saturated rings. The second-order valence-corrected chi connectivity index (χ2v) is 20.3. The third kappa shape index (κ3) is 6.30. The van der Waals surface area contributed by atoms with Crippen molar-refractivity contribution in [1.82, 2.24) is 0 Å². The van der Waals surface area contributed by atoms with E-state index in [0.29, 0.717) is 5.92 Å². The number of fused-ring (bicyclic) bond motifs is 13. The van der Waals surface area contributed by atoms with Crippen LogP contribution in [0.2, 0.25) is 0 Å². The second kappa shape index (κ2) is 16.2. The molecule has 0 amide bonds. The number of hydrogen-bond acceptors (Lipinski definition) is 2. The number of anilines is 3. The molecule has 0 N–H and O–H groups in total. The van der Waals surface area contributed by atoms with Gasteiger partial charge in [-0.2, -0.15) is 0 Å². The number of allylic oxidation sites excluding steroid dienone is 4. The summed E-state index contributed by atoms with van der Waals surface area (Å²) in [5.74, 6) is 0.496. The topological polar surface area (TPSA) is 3.24 Å². The molecule has 0 bridgehead atoms. The first-order valence-electron chi connectivity index (χ1n) is 24.5. The largest absolute Gasteiger partial charge is 0.311 e. The van der Waals surface area contributed by atoms with E-state index in [4.69, 9.17) is 0 Å². The van der Waals surface area contributed by atoms with Gasteiger partial charge >= 0.3 is 0 Å². The maximum Gasteiger partial charge on any atom is 0.0725 e. The zero-order valence-corrected chi connectivity index (χ0v) is 39.6. The van der Waals surface area contributed by atoms with E-state index >= 15 is 0 Å². The molecule has 1 nitrogen and oxygen atoms in total. The van der Waals surface area contributed by atoms with Crippen molar-refractivity contribution in [2.75, 3.05) is 4.90 Å². The van der Waals surface area contributed by atoms with Crippen molar-refractivity contribution in [1.29, 1.82) is 0 Å². The lowest BCUT2D eigenvalue weighted by molar-refractivity contribution is 0.758. The van der Waals surface area contributed by atoms with Crippen LogP contribution in [0.5, 0.6) is 0 Å². The molecule has 1 spiro atoms. The van der Waals surface area contributed by atoms with Crippen LogP contribution in [-0.4, -0.2) is 0 Å². The van der Waals surface area contributed by atoms with Gasteiger partial charge in [0.2, 0.25) is 0 Å². The minimum Gasteiger partial charge on any atom is -0.311 e. The molecule has 3 aliphatic rings. The maximum atomic E-state index is 2.48. The van der Waals surface area contributed by atoms with E-state index in [1.165, 1.54) is 109 Å². The van der Waals surface area contributed by atoms with Crippen LogP contribution in [-0.2, 0) is 5.41 Å². The van der Waals surface area contributed by atoms with E-state index < -0.39 is 0 Å². The number of hydrogen-bond donors (Lipinski definition) is 0. The Morgan fingerprint density at radius 3 is 1.47 bits per heavy atom. The van der Waals surface area contributed by atoms with Crippen molar-refractivity contribution < 1.29 is 0 Å². The summed E-state index contributed by atoms with van der Waals surface area (Å²) < 4.78 is 2.65. The maximum absolute atomic E-state index is 2.48. The molecule has 330 valence electrons. The van der Waals surface area contributed by atoms with Gasteiger partial charge in [0.05, 0.1) is 5.41 Å². The number of thiophene rings is 1. The Labute approximate surface area is 413 Å². The van der Waals surface area contributed by atoms with Gasteiger partial charge in [-0.1, -0.05) is 195 Å². The van der Waals surface area contributed by atoms with Gasteiger partial charge in [0, 0.05) is 37.2 Å². The third-order valence-corrected chi connectivity index (χ3v) is 16.5. The lowest BCUT2D eigenvalue weighted by atomic mass is 9.70. The van der Waals surface area contributed by atoms with Crippen molar-refractivity contribution >= 4 is 54.1 Å². The molecule has 10 aromatic carbocycles. The minimum absolute atomic E-state index is 0.386. The van der Waals surface area contributed by atoms with E-state index in [1.54, 1.807) is 0 Å². The highest BCUT2D eigenvalue weighted by molar-refractivity contribution is 7.25. The SMILES string of the molecule is CC1CC=CC=C1c1ccc2c(c1)-c1ccccc1C21c2ccccc2-c2cc(-c3ccc(N(c4ccc(-c5ccccc5)cc4)c4ccc(-c5ccc6c(c5)sc5ccccc56)cc4)cc3)ccc21. The summed E-state index contributed by atoms with van der Waals surface area (Å²) >= 11 is 1.87. The molecule has 2 unspecified atom stereocenters. The fourth-order valence-corrected chi connectivity index (χ4v) is 13.2. The first-order valence-corrected chi connectivity index (χ1v) is 25.4. The average Bonchev–Trinajstić information content (AvgIpc) is 4.05. The molecule has 0 saturated heterocycles. The molecule has 2 atom stereocenters. The van der Waals surface area contributed by atoms with Gasteiger partial charge in [0.15, 0.2) is 0 Å². The Bertz CT molecular complexity index is 3910. The van der Waals surface area contributed by atoms with Crippen LogP contribution in [0.1, 0.15) is 41.2 Å². The normalized spacial score (nSPS) is 16.2. The molecule has 70 heavy (non-hydrogen) atoms. The summed E-state index contributed by atoms with van der Waals surface area (Å²) in [5, 5.41) is 2.65. The molecule has 0 aliphatic heterocycles. The second-order valence-electron chi connectivity index (χ2n) is 19.2. The fraction of sp³-hybridized carbons (Fsp3) is 0.0588. The quantitative estimate of drug-likeness (QED) is 0.154. The van der Waals surface area contributed by atoms with Gasteiger partial charge in [-0.25, -0.2) is 0 Å². The number of rotatable bonds is 7. The van der Waals surface area contributed by atoms with E-state index in [0.717, 1.165) is 23.5 Å². The summed E-state index contributed by atoms with van der Waals surface area (Å²) in [7, 11) is 0. The van der Waals surface area contributed by atoms with Crippen molar-refractivity contribution in [3.63, 3.8) is 0 Å². The summed E-state index contributed by atoms with van der Waals surface area (Å²) in [5.41, 5.74) is 23.7. The lowest BCUT2D eigenvalue weighted by Crippen LogP contribution is -2.25. The Morgan fingerprint density at radius 2 is 0.843 bits per heavy atom. The standard InChI is InChI=1S/C68H47NS/c1-44-13-5-6-16-55(44)51-31-40-65-61(42-51)57-18-8-11-21-63(57)68(65)62-20-10-7-17-56(62)60-41-49(30-39-64(60)68)47-25-34-53(35-26-47)69(52-32-23-46(24-33-52)45-14-3-2-4-15-45)54-36-27-48(28-37-54)50-29-38-59-58-19-9-12-22-66(58)70-67(59)43-50/h2-12,14-44H,13H2,1H3. The van der Waals surface area contributed by atoms with Crippen LogP contribution >= 0.6 is 11.3 Å². The summed E-state index contributed by atoms with van der Waals surface area (Å²) in [6.45, 7) is 2.35. The van der Waals surface area contributed by atoms with Gasteiger partial charge in [-0.3, -0.25) is 0 Å². The molecular weight excluding hydrogens is 863 g/mol. The molecule has 11 aromatic rings. The van der Waals surface area contributed by atoms with Crippen LogP contribution in [0.3, 0.4) is 0 Å². The summed E-state index contributed by atoms with van der Waals surface area (Å²) in [6.07, 6.45) is 7.90. The van der Waals surface area contributed by atoms with Gasteiger partial charge < -0.3 is 4.90 Å². The monoisotopic (exact) mass is 909 g/mol. The van der Waals surface area contributed by atoms with Gasteiger partial charge in [0.1, 0.15) is 0 Å². The molecule has 14 rings (SSSR count). The molecule has 1 heterocycles. The predicted molar refractivity (Wildman–Crippen MR) is 298 cm³/mol. The average molecular weight is 910 g/mol. The molecule has 0 radical (unpaired) electrons. The highest BCUT2D eigenvalue weighted by Crippen LogP contribution is 2.63. The van der Waals surface area contributed by atoms with Crippen LogP contribution in [0.25, 0.3) is 81.4 Å². The fourth-order valence-electron chi connectivity index (χ4n) is 12.0. The minimum atomic E-state index is -0.386. The zero-order valence-electron chi connectivity index (χ0n) is 38.8. The van der Waals surface area contributed by atoms with Crippen molar-refractivity contribution in [2.24, 2.45) is 5.92 Å². The molecular formula is C68H47NS. The first kappa shape index (κ1) is 40.7. The van der Waals surface area contributed by atoms with Crippen LogP contribution < -0.4 is 4.90 Å². The van der Waals surface area contributed by atoms with Gasteiger partial charge in [-0.05, 0) is 162 Å². The predicted octanol–water partition coefficient (Wildman–Crippen LogP) is 18.8.